The van der Waals surface area contributed by atoms with E-state index in [1.165, 1.54) is 25.0 Å². The van der Waals surface area contributed by atoms with Crippen molar-refractivity contribution in [2.24, 2.45) is 17.8 Å². The number of nitrogens with one attached hydrogen (secondary N) is 1. The fraction of sp³-hybridized carbons (Fsp3) is 0.600. The highest BCUT2D eigenvalue weighted by atomic mass is 32.1. The van der Waals surface area contributed by atoms with Crippen LogP contribution in [-0.4, -0.2) is 36.6 Å². The number of amides is 1. The summed E-state index contributed by atoms with van der Waals surface area (Å²) in [7, 11) is 0. The number of aromatic nitrogens is 2. The molecule has 1 aromatic carbocycles. The van der Waals surface area contributed by atoms with Crippen molar-refractivity contribution in [3.05, 3.63) is 46.8 Å². The normalized spacial score (nSPS) is 18.7. The van der Waals surface area contributed by atoms with Gasteiger partial charge in [0, 0.05) is 13.0 Å². The molecule has 1 N–H and O–H groups in total. The topological polar surface area (TPSA) is 81.1 Å². The smallest absolute Gasteiger partial charge is 0.350 e. The Morgan fingerprint density at radius 3 is 2.36 bits per heavy atom. The van der Waals surface area contributed by atoms with Gasteiger partial charge in [0.05, 0.1) is 17.3 Å². The first-order chi connectivity index (χ1) is 16.9. The number of benzene rings is 1. The maximum Gasteiger partial charge on any atom is 0.391 e. The van der Waals surface area contributed by atoms with Crippen LogP contribution in [0.15, 0.2) is 18.2 Å². The van der Waals surface area contributed by atoms with Crippen LogP contribution in [0, 0.1) is 30.5 Å². The Morgan fingerprint density at radius 2 is 1.83 bits per heavy atom. The van der Waals surface area contributed by atoms with Gasteiger partial charge in [-0.25, -0.2) is 9.37 Å². The summed E-state index contributed by atoms with van der Waals surface area (Å²) in [6.45, 7) is 7.50. The van der Waals surface area contributed by atoms with Crippen molar-refractivity contribution < 1.29 is 30.8 Å². The molecule has 1 aliphatic rings. The van der Waals surface area contributed by atoms with Crippen LogP contribution in [-0.2, 0) is 24.4 Å². The molecule has 36 heavy (non-hydrogen) atoms. The zero-order chi connectivity index (χ0) is 27.0. The van der Waals surface area contributed by atoms with E-state index in [-0.39, 0.29) is 29.3 Å². The molecule has 1 aliphatic carbocycles. The second-order valence-corrected chi connectivity index (χ2v) is 9.62. The minimum absolute atomic E-state index is 0.181. The van der Waals surface area contributed by atoms with Crippen LogP contribution in [0.4, 0.5) is 17.6 Å². The summed E-state index contributed by atoms with van der Waals surface area (Å²) in [5.41, 5.74) is 1.22. The van der Waals surface area contributed by atoms with E-state index in [0.29, 0.717) is 30.4 Å². The molecule has 1 heterocycles. The third kappa shape index (κ3) is 7.72. The molecule has 200 valence electrons. The van der Waals surface area contributed by atoms with Gasteiger partial charge in [-0.1, -0.05) is 39.7 Å². The van der Waals surface area contributed by atoms with Crippen LogP contribution in [0.1, 0.15) is 74.0 Å². The van der Waals surface area contributed by atoms with E-state index in [9.17, 15) is 22.4 Å². The average Bonchev–Trinajstić information content (AvgIpc) is 3.14. The maximum absolute atomic E-state index is 15.0. The van der Waals surface area contributed by atoms with Gasteiger partial charge >= 0.3 is 17.7 Å². The molecule has 0 bridgehead atoms. The zero-order valence-electron chi connectivity index (χ0n) is 21.0. The molecule has 1 unspecified atom stereocenters. The van der Waals surface area contributed by atoms with E-state index in [1.54, 1.807) is 11.5 Å². The molecular weight excluding hydrogens is 498 g/mol. The van der Waals surface area contributed by atoms with E-state index in [1.807, 2.05) is 6.92 Å². The van der Waals surface area contributed by atoms with Gasteiger partial charge in [-0.3, -0.25) is 9.36 Å². The lowest BCUT2D eigenvalue weighted by molar-refractivity contribution is -0.169. The maximum atomic E-state index is 15.0. The Kier molecular flexibility index (Phi) is 10.8. The first kappa shape index (κ1) is 29.7. The molecule has 0 spiro atoms. The Labute approximate surface area is 212 Å². The summed E-state index contributed by atoms with van der Waals surface area (Å²) < 4.78 is 71.7. The number of hydrogen-bond acceptors (Lipinski definition) is 4. The minimum Gasteiger partial charge on any atom is -0.350 e. The highest BCUT2D eigenvalue weighted by Gasteiger charge is 2.35. The number of alkyl halides is 3. The molecule has 11 heteroatoms. The van der Waals surface area contributed by atoms with Gasteiger partial charge in [-0.2, -0.15) is 21.6 Å². The van der Waals surface area contributed by atoms with E-state index >= 15 is 0 Å². The van der Waals surface area contributed by atoms with E-state index in [4.69, 9.17) is 8.42 Å². The van der Waals surface area contributed by atoms with Gasteiger partial charge in [0.1, 0.15) is 17.3 Å². The van der Waals surface area contributed by atoms with Gasteiger partial charge in [-0.15, -0.1) is 0 Å². The second kappa shape index (κ2) is 13.1. The van der Waals surface area contributed by atoms with Crippen molar-refractivity contribution >= 4 is 17.5 Å². The zero-order valence-corrected chi connectivity index (χ0v) is 21.8. The SMILES string of the molecule is CCc1nc(C(=O)NCC2CCC(C)CC2)c(C)n1-c1ccc(CC(C)C(F)(F)F)cc1F.O=S=O. The molecule has 1 aromatic heterocycles. The van der Waals surface area contributed by atoms with Crippen molar-refractivity contribution in [2.45, 2.75) is 72.4 Å². The summed E-state index contributed by atoms with van der Waals surface area (Å²) in [6.07, 6.45) is 0.387. The first-order valence-corrected chi connectivity index (χ1v) is 12.7. The molecule has 1 atom stereocenters. The molecule has 1 amide bonds. The summed E-state index contributed by atoms with van der Waals surface area (Å²) in [5.74, 6) is -0.760. The van der Waals surface area contributed by atoms with Gasteiger partial charge in [0.25, 0.3) is 5.91 Å². The molecular formula is C25H33F4N3O3S. The van der Waals surface area contributed by atoms with Crippen LogP contribution in [0.25, 0.3) is 5.69 Å². The summed E-state index contributed by atoms with van der Waals surface area (Å²) in [5, 5.41) is 2.98. The van der Waals surface area contributed by atoms with Gasteiger partial charge in [0.15, 0.2) is 0 Å². The number of carbonyl (C=O) groups excluding carboxylic acids is 1. The van der Waals surface area contributed by atoms with Gasteiger partial charge < -0.3 is 5.32 Å². The summed E-state index contributed by atoms with van der Waals surface area (Å²) in [6, 6.07) is 4.11. The molecule has 1 fully saturated rings. The fourth-order valence-electron chi connectivity index (χ4n) is 4.51. The number of imidazole rings is 1. The standard InChI is InChI=1S/C25H33F4N3O.O2S/c1-5-22-31-23(24(33)30-14-18-8-6-15(2)7-9-18)17(4)32(22)21-11-10-19(13-20(21)26)12-16(3)25(27,28)29;1-3-2/h10-11,13,15-16,18H,5-9,12,14H2,1-4H3,(H,30,33);. The lowest BCUT2D eigenvalue weighted by Gasteiger charge is -2.26. The van der Waals surface area contributed by atoms with Crippen molar-refractivity contribution in [2.75, 3.05) is 6.54 Å². The van der Waals surface area contributed by atoms with E-state index < -0.39 is 29.5 Å². The fourth-order valence-corrected chi connectivity index (χ4v) is 4.51. The molecule has 0 aliphatic heterocycles. The van der Waals surface area contributed by atoms with E-state index in [2.05, 4.69) is 17.2 Å². The monoisotopic (exact) mass is 531 g/mol. The molecule has 1 saturated carbocycles. The number of halogens is 4. The average molecular weight is 532 g/mol. The summed E-state index contributed by atoms with van der Waals surface area (Å²) >= 11 is -0.750. The van der Waals surface area contributed by atoms with Crippen LogP contribution in [0.5, 0.6) is 0 Å². The number of nitrogens with zero attached hydrogens (tertiary/aromatic N) is 2. The Bertz CT molecular complexity index is 1070. The first-order valence-electron chi connectivity index (χ1n) is 12.1. The number of carbonyl (C=O) groups is 1. The molecule has 2 aromatic rings. The van der Waals surface area contributed by atoms with E-state index in [0.717, 1.165) is 31.7 Å². The Hall–Kier alpha value is -2.56. The van der Waals surface area contributed by atoms with Crippen molar-refractivity contribution in [1.29, 1.82) is 0 Å². The second-order valence-electron chi connectivity index (χ2n) is 9.49. The molecule has 3 rings (SSSR count). The third-order valence-corrected chi connectivity index (χ3v) is 6.75. The lowest BCUT2D eigenvalue weighted by atomic mass is 9.83. The van der Waals surface area contributed by atoms with Gasteiger partial charge in [0.2, 0.25) is 0 Å². The Morgan fingerprint density at radius 1 is 1.22 bits per heavy atom. The molecule has 6 nitrogen and oxygen atoms in total. The van der Waals surface area contributed by atoms with Crippen LogP contribution in [0.2, 0.25) is 0 Å². The van der Waals surface area contributed by atoms with Crippen molar-refractivity contribution in [3.63, 3.8) is 0 Å². The van der Waals surface area contributed by atoms with Crippen molar-refractivity contribution in [1.82, 2.24) is 14.9 Å². The van der Waals surface area contributed by atoms with Crippen molar-refractivity contribution in [3.8, 4) is 5.69 Å². The third-order valence-electron chi connectivity index (χ3n) is 6.75. The highest BCUT2D eigenvalue weighted by Crippen LogP contribution is 2.30. The number of aryl methyl sites for hydroxylation is 1. The summed E-state index contributed by atoms with van der Waals surface area (Å²) in [4.78, 5) is 17.3. The van der Waals surface area contributed by atoms with Crippen LogP contribution in [0.3, 0.4) is 0 Å². The number of rotatable bonds is 7. The highest BCUT2D eigenvalue weighted by molar-refractivity contribution is 7.51. The Balaban J connectivity index is 0.00000145. The minimum atomic E-state index is -4.33. The largest absolute Gasteiger partial charge is 0.391 e. The predicted octanol–water partition coefficient (Wildman–Crippen LogP) is 5.51. The van der Waals surface area contributed by atoms with Crippen LogP contribution >= 0.6 is 0 Å². The van der Waals surface area contributed by atoms with Crippen LogP contribution < -0.4 is 5.32 Å². The predicted molar refractivity (Wildman–Crippen MR) is 129 cm³/mol. The molecule has 0 radical (unpaired) electrons. The lowest BCUT2D eigenvalue weighted by Crippen LogP contribution is -2.31. The van der Waals surface area contributed by atoms with Gasteiger partial charge in [-0.05, 0) is 55.7 Å². The molecule has 0 saturated heterocycles. The number of hydrogen-bond donors (Lipinski definition) is 1. The quantitative estimate of drug-likeness (QED) is 0.478.